The lowest BCUT2D eigenvalue weighted by Crippen LogP contribution is -2.50. The molecule has 0 spiro atoms. The smallest absolute Gasteiger partial charge is 0.239 e. The highest BCUT2D eigenvalue weighted by molar-refractivity contribution is 5.83. The summed E-state index contributed by atoms with van der Waals surface area (Å²) >= 11 is 0. The van der Waals surface area contributed by atoms with Crippen molar-refractivity contribution in [1.29, 1.82) is 5.26 Å². The minimum Gasteiger partial charge on any atom is -0.359 e. The highest BCUT2D eigenvalue weighted by Gasteiger charge is 2.37. The maximum absolute atomic E-state index is 12.1. The number of carbonyl (C=O) groups excluding carboxylic acids is 2. The number of hydrogen-bond acceptors (Lipinski definition) is 4. The Morgan fingerprint density at radius 1 is 1.21 bits per heavy atom. The number of nitrogens with one attached hydrogen (secondary N) is 4. The molecular formula is C20H28N6O2. The van der Waals surface area contributed by atoms with Crippen LogP contribution in [0.3, 0.4) is 0 Å². The molecule has 1 aromatic rings. The molecule has 150 valence electrons. The van der Waals surface area contributed by atoms with Gasteiger partial charge >= 0.3 is 0 Å². The lowest BCUT2D eigenvalue weighted by atomic mass is 9.68. The first kappa shape index (κ1) is 21.2. The molecule has 1 saturated carbocycles. The molecule has 0 atom stereocenters. The zero-order valence-electron chi connectivity index (χ0n) is 16.4. The van der Waals surface area contributed by atoms with Gasteiger partial charge in [0.2, 0.25) is 24.0 Å². The summed E-state index contributed by atoms with van der Waals surface area (Å²) in [6, 6.07) is 10.4. The second kappa shape index (κ2) is 10.3. The van der Waals surface area contributed by atoms with Crippen molar-refractivity contribution in [1.82, 2.24) is 21.3 Å². The van der Waals surface area contributed by atoms with Gasteiger partial charge in [-0.15, -0.1) is 4.99 Å². The molecule has 2 rings (SSSR count). The molecule has 1 aliphatic carbocycles. The molecule has 1 fully saturated rings. The van der Waals surface area contributed by atoms with E-state index in [4.69, 9.17) is 5.26 Å². The fraction of sp³-hybridized carbons (Fsp3) is 0.500. The SMILES string of the molecule is CN/C(=N\C#N)N[C@H]1CC[C@](CNC(=O)CNC(C)=O)(c2ccccc2)CC1. The van der Waals surface area contributed by atoms with Gasteiger partial charge in [-0.1, -0.05) is 30.3 Å². The third-order valence-corrected chi connectivity index (χ3v) is 5.19. The number of nitrogens with zero attached hydrogens (tertiary/aromatic N) is 2. The maximum atomic E-state index is 12.1. The van der Waals surface area contributed by atoms with E-state index in [-0.39, 0.29) is 29.8 Å². The molecule has 1 aromatic carbocycles. The summed E-state index contributed by atoms with van der Waals surface area (Å²) < 4.78 is 0. The average Bonchev–Trinajstić information content (AvgIpc) is 2.72. The van der Waals surface area contributed by atoms with E-state index in [1.807, 2.05) is 18.2 Å². The highest BCUT2D eigenvalue weighted by Crippen LogP contribution is 2.39. The molecule has 1 aliphatic rings. The molecule has 4 N–H and O–H groups in total. The summed E-state index contributed by atoms with van der Waals surface area (Å²) in [5.74, 6) is 0.0616. The zero-order chi connectivity index (χ0) is 20.4. The molecule has 0 bridgehead atoms. The van der Waals surface area contributed by atoms with Gasteiger partial charge in [-0.2, -0.15) is 5.26 Å². The summed E-state index contributed by atoms with van der Waals surface area (Å²) in [7, 11) is 1.73. The van der Waals surface area contributed by atoms with Gasteiger partial charge in [-0.05, 0) is 31.2 Å². The van der Waals surface area contributed by atoms with Gasteiger partial charge < -0.3 is 21.3 Å². The number of rotatable bonds is 6. The van der Waals surface area contributed by atoms with Crippen LogP contribution in [0.4, 0.5) is 0 Å². The number of carbonyl (C=O) groups is 2. The predicted molar refractivity (Wildman–Crippen MR) is 107 cm³/mol. The van der Waals surface area contributed by atoms with Crippen molar-refractivity contribution >= 4 is 17.8 Å². The Bertz CT molecular complexity index is 733. The Labute approximate surface area is 165 Å². The normalized spacial score (nSPS) is 21.9. The average molecular weight is 384 g/mol. The van der Waals surface area contributed by atoms with Crippen LogP contribution in [0.25, 0.3) is 0 Å². The van der Waals surface area contributed by atoms with Gasteiger partial charge in [0.15, 0.2) is 0 Å². The number of amides is 2. The first-order chi connectivity index (χ1) is 13.5. The van der Waals surface area contributed by atoms with Crippen LogP contribution < -0.4 is 21.3 Å². The van der Waals surface area contributed by atoms with Crippen LogP contribution in [-0.4, -0.2) is 44.0 Å². The van der Waals surface area contributed by atoms with Crippen LogP contribution in [0.1, 0.15) is 38.2 Å². The Balaban J connectivity index is 2.04. The van der Waals surface area contributed by atoms with Gasteiger partial charge in [-0.3, -0.25) is 9.59 Å². The first-order valence-corrected chi connectivity index (χ1v) is 9.47. The Hall–Kier alpha value is -3.08. The minimum atomic E-state index is -0.223. The van der Waals surface area contributed by atoms with Gasteiger partial charge in [0.05, 0.1) is 6.54 Å². The fourth-order valence-corrected chi connectivity index (χ4v) is 3.61. The Morgan fingerprint density at radius 2 is 1.89 bits per heavy atom. The van der Waals surface area contributed by atoms with Crippen molar-refractivity contribution in [3.05, 3.63) is 35.9 Å². The molecule has 0 aliphatic heterocycles. The third kappa shape index (κ3) is 5.98. The van der Waals surface area contributed by atoms with Crippen LogP contribution in [0.5, 0.6) is 0 Å². The van der Waals surface area contributed by atoms with Gasteiger partial charge in [0, 0.05) is 32.0 Å². The summed E-state index contributed by atoms with van der Waals surface area (Å²) in [6.07, 6.45) is 5.35. The molecule has 0 radical (unpaired) electrons. The molecule has 8 heteroatoms. The van der Waals surface area contributed by atoms with Crippen molar-refractivity contribution in [3.63, 3.8) is 0 Å². The lowest BCUT2D eigenvalue weighted by molar-refractivity contribution is -0.125. The molecule has 28 heavy (non-hydrogen) atoms. The van der Waals surface area contributed by atoms with Crippen LogP contribution >= 0.6 is 0 Å². The maximum Gasteiger partial charge on any atom is 0.239 e. The van der Waals surface area contributed by atoms with Gasteiger partial charge in [-0.25, -0.2) is 0 Å². The lowest BCUT2D eigenvalue weighted by Gasteiger charge is -2.41. The molecular weight excluding hydrogens is 356 g/mol. The van der Waals surface area contributed by atoms with Crippen molar-refractivity contribution in [2.45, 2.75) is 44.1 Å². The van der Waals surface area contributed by atoms with Gasteiger partial charge in [0.1, 0.15) is 0 Å². The highest BCUT2D eigenvalue weighted by atomic mass is 16.2. The van der Waals surface area contributed by atoms with Gasteiger partial charge in [0.25, 0.3) is 0 Å². The summed E-state index contributed by atoms with van der Waals surface area (Å²) in [4.78, 5) is 26.8. The van der Waals surface area contributed by atoms with Crippen molar-refractivity contribution < 1.29 is 9.59 Å². The monoisotopic (exact) mass is 384 g/mol. The topological polar surface area (TPSA) is 118 Å². The second-order valence-corrected chi connectivity index (χ2v) is 7.06. The molecule has 0 saturated heterocycles. The van der Waals surface area contributed by atoms with E-state index >= 15 is 0 Å². The zero-order valence-corrected chi connectivity index (χ0v) is 16.4. The van der Waals surface area contributed by atoms with Crippen molar-refractivity contribution in [3.8, 4) is 6.19 Å². The second-order valence-electron chi connectivity index (χ2n) is 7.06. The van der Waals surface area contributed by atoms with E-state index in [2.05, 4.69) is 38.4 Å². The Morgan fingerprint density at radius 3 is 2.46 bits per heavy atom. The molecule has 0 aromatic heterocycles. The number of guanidine groups is 1. The molecule has 0 unspecified atom stereocenters. The van der Waals surface area contributed by atoms with Crippen molar-refractivity contribution in [2.24, 2.45) is 4.99 Å². The fourth-order valence-electron chi connectivity index (χ4n) is 3.61. The summed E-state index contributed by atoms with van der Waals surface area (Å²) in [5.41, 5.74) is 1.05. The summed E-state index contributed by atoms with van der Waals surface area (Å²) in [5, 5.41) is 20.4. The Kier molecular flexibility index (Phi) is 7.81. The largest absolute Gasteiger partial charge is 0.359 e. The molecule has 0 heterocycles. The van der Waals surface area contributed by atoms with Crippen LogP contribution in [0.2, 0.25) is 0 Å². The van der Waals surface area contributed by atoms with Crippen LogP contribution in [0, 0.1) is 11.5 Å². The number of benzene rings is 1. The van der Waals surface area contributed by atoms with E-state index in [1.165, 1.54) is 12.5 Å². The van der Waals surface area contributed by atoms with Crippen LogP contribution in [0.15, 0.2) is 35.3 Å². The first-order valence-electron chi connectivity index (χ1n) is 9.47. The quantitative estimate of drug-likeness (QED) is 0.328. The van der Waals surface area contributed by atoms with E-state index in [9.17, 15) is 9.59 Å². The van der Waals surface area contributed by atoms with E-state index in [1.54, 1.807) is 13.2 Å². The van der Waals surface area contributed by atoms with E-state index < -0.39 is 0 Å². The number of nitriles is 1. The summed E-state index contributed by atoms with van der Waals surface area (Å²) in [6.45, 7) is 1.90. The van der Waals surface area contributed by atoms with Crippen LogP contribution in [-0.2, 0) is 15.0 Å². The third-order valence-electron chi connectivity index (χ3n) is 5.19. The minimum absolute atomic E-state index is 0.0134. The standard InChI is InChI=1S/C20H28N6O2/c1-15(27)23-12-18(28)24-13-20(16-6-4-3-5-7-16)10-8-17(9-11-20)26-19(22-2)25-14-21/h3-7,17H,8-13H2,1-2H3,(H,23,27)(H,24,28)(H2,22,25,26)/t17-,20-. The predicted octanol–water partition coefficient (Wildman–Crippen LogP) is 0.765. The van der Waals surface area contributed by atoms with Crippen molar-refractivity contribution in [2.75, 3.05) is 20.1 Å². The molecule has 2 amide bonds. The molecule has 8 nitrogen and oxygen atoms in total. The number of hydrogen-bond donors (Lipinski definition) is 4. The van der Waals surface area contributed by atoms with E-state index in [0.717, 1.165) is 25.7 Å². The van der Waals surface area contributed by atoms with E-state index in [0.29, 0.717) is 12.5 Å². The number of aliphatic imine (C=N–C) groups is 1.